The summed E-state index contributed by atoms with van der Waals surface area (Å²) in [6.45, 7) is 5.14. The van der Waals surface area contributed by atoms with E-state index in [0.717, 1.165) is 16.6 Å². The smallest absolute Gasteiger partial charge is 0.357 e. The van der Waals surface area contributed by atoms with Gasteiger partial charge in [0.2, 0.25) is 0 Å². The molecule has 1 saturated carbocycles. The third-order valence-corrected chi connectivity index (χ3v) is 4.58. The zero-order valence-electron chi connectivity index (χ0n) is 11.2. The molecule has 0 radical (unpaired) electrons. The minimum atomic E-state index is -0.358. The first-order valence-corrected chi connectivity index (χ1v) is 7.15. The molecule has 0 aliphatic heterocycles. The van der Waals surface area contributed by atoms with Crippen molar-refractivity contribution in [1.29, 1.82) is 0 Å². The van der Waals surface area contributed by atoms with Crippen molar-refractivity contribution >= 4 is 22.4 Å². The molecule has 100 valence electrons. The van der Waals surface area contributed by atoms with Gasteiger partial charge >= 0.3 is 5.97 Å². The summed E-state index contributed by atoms with van der Waals surface area (Å²) in [5, 5.41) is 4.19. The number of aryl methyl sites for hydroxylation is 1. The molecule has 0 aromatic carbocycles. The molecule has 2 rings (SSSR count). The van der Waals surface area contributed by atoms with Gasteiger partial charge in [0.25, 0.3) is 0 Å². The first-order valence-electron chi connectivity index (χ1n) is 6.34. The fraction of sp³-hybridized carbons (Fsp3) is 0.692. The number of ether oxygens (including phenoxy) is 1. The van der Waals surface area contributed by atoms with Gasteiger partial charge in [0.1, 0.15) is 0 Å². The van der Waals surface area contributed by atoms with Crippen LogP contribution in [-0.4, -0.2) is 24.6 Å². The Morgan fingerprint density at radius 1 is 1.50 bits per heavy atom. The summed E-state index contributed by atoms with van der Waals surface area (Å²) in [7, 11) is 1.38. The lowest BCUT2D eigenvalue weighted by atomic mass is 9.89. The molecule has 1 heterocycles. The number of methoxy groups -OCH3 is 1. The second kappa shape index (κ2) is 5.26. The average Bonchev–Trinajstić information content (AvgIpc) is 2.93. The van der Waals surface area contributed by atoms with Crippen molar-refractivity contribution in [2.45, 2.75) is 39.5 Å². The SMILES string of the molecule is COC(=O)c1nc(NCC2(C)CCCC2)sc1C. The van der Waals surface area contributed by atoms with E-state index in [0.29, 0.717) is 11.1 Å². The number of hydrogen-bond donors (Lipinski definition) is 1. The van der Waals surface area contributed by atoms with Crippen LogP contribution < -0.4 is 5.32 Å². The van der Waals surface area contributed by atoms with Crippen molar-refractivity contribution in [3.05, 3.63) is 10.6 Å². The number of aromatic nitrogens is 1. The molecule has 1 aromatic heterocycles. The van der Waals surface area contributed by atoms with Gasteiger partial charge in [-0.05, 0) is 25.2 Å². The Kier molecular flexibility index (Phi) is 3.90. The molecule has 0 saturated heterocycles. The van der Waals surface area contributed by atoms with E-state index in [4.69, 9.17) is 4.74 Å². The quantitative estimate of drug-likeness (QED) is 0.852. The topological polar surface area (TPSA) is 51.2 Å². The molecule has 18 heavy (non-hydrogen) atoms. The summed E-state index contributed by atoms with van der Waals surface area (Å²) in [5.74, 6) is -0.358. The Labute approximate surface area is 112 Å². The number of hydrogen-bond acceptors (Lipinski definition) is 5. The molecule has 0 amide bonds. The lowest BCUT2D eigenvalue weighted by Crippen LogP contribution is -2.22. The van der Waals surface area contributed by atoms with Crippen LogP contribution in [0, 0.1) is 12.3 Å². The summed E-state index contributed by atoms with van der Waals surface area (Å²) in [6, 6.07) is 0. The lowest BCUT2D eigenvalue weighted by molar-refractivity contribution is 0.0594. The van der Waals surface area contributed by atoms with E-state index in [-0.39, 0.29) is 5.97 Å². The van der Waals surface area contributed by atoms with Crippen LogP contribution in [0.15, 0.2) is 0 Å². The Balaban J connectivity index is 2.00. The van der Waals surface area contributed by atoms with Crippen LogP contribution in [0.4, 0.5) is 5.13 Å². The molecule has 0 spiro atoms. The van der Waals surface area contributed by atoms with Crippen molar-refractivity contribution in [1.82, 2.24) is 4.98 Å². The number of rotatable bonds is 4. The third kappa shape index (κ3) is 2.83. The molecule has 0 atom stereocenters. The number of nitrogens with zero attached hydrogens (tertiary/aromatic N) is 1. The van der Waals surface area contributed by atoms with Gasteiger partial charge < -0.3 is 10.1 Å². The van der Waals surface area contributed by atoms with Crippen molar-refractivity contribution in [3.63, 3.8) is 0 Å². The van der Waals surface area contributed by atoms with Gasteiger partial charge in [-0.1, -0.05) is 19.8 Å². The summed E-state index contributed by atoms with van der Waals surface area (Å²) in [5.41, 5.74) is 0.812. The van der Waals surface area contributed by atoms with Gasteiger partial charge in [-0.2, -0.15) is 0 Å². The zero-order valence-corrected chi connectivity index (χ0v) is 12.0. The molecule has 1 N–H and O–H groups in total. The van der Waals surface area contributed by atoms with Crippen molar-refractivity contribution in [2.24, 2.45) is 5.41 Å². The van der Waals surface area contributed by atoms with Crippen LogP contribution in [0.3, 0.4) is 0 Å². The largest absolute Gasteiger partial charge is 0.464 e. The molecule has 0 bridgehead atoms. The van der Waals surface area contributed by atoms with Crippen molar-refractivity contribution in [3.8, 4) is 0 Å². The van der Waals surface area contributed by atoms with Gasteiger partial charge in [0.15, 0.2) is 10.8 Å². The van der Waals surface area contributed by atoms with Crippen molar-refractivity contribution < 1.29 is 9.53 Å². The second-order valence-corrected chi connectivity index (χ2v) is 6.49. The Bertz CT molecular complexity index is 436. The van der Waals surface area contributed by atoms with E-state index in [1.807, 2.05) is 6.92 Å². The maximum Gasteiger partial charge on any atom is 0.357 e. The fourth-order valence-corrected chi connectivity index (χ4v) is 3.25. The highest BCUT2D eigenvalue weighted by atomic mass is 32.1. The number of esters is 1. The van der Waals surface area contributed by atoms with E-state index in [2.05, 4.69) is 17.2 Å². The third-order valence-electron chi connectivity index (χ3n) is 3.65. The fourth-order valence-electron chi connectivity index (χ4n) is 2.45. The molecule has 1 aliphatic carbocycles. The maximum atomic E-state index is 11.5. The standard InChI is InChI=1S/C13H20N2O2S/c1-9-10(11(16)17-3)15-12(18-9)14-8-13(2)6-4-5-7-13/h4-8H2,1-3H3,(H,14,15). The van der Waals surface area contributed by atoms with Crippen LogP contribution in [-0.2, 0) is 4.74 Å². The molecular weight excluding hydrogens is 248 g/mol. The normalized spacial score (nSPS) is 17.7. The maximum absolute atomic E-state index is 11.5. The van der Waals surface area contributed by atoms with Gasteiger partial charge in [0.05, 0.1) is 7.11 Å². The number of anilines is 1. The monoisotopic (exact) mass is 268 g/mol. The Hall–Kier alpha value is -1.10. The number of thiazole rings is 1. The predicted molar refractivity (Wildman–Crippen MR) is 73.3 cm³/mol. The van der Waals surface area contributed by atoms with E-state index in [1.54, 1.807) is 0 Å². The molecule has 1 aliphatic rings. The Morgan fingerprint density at radius 2 is 2.17 bits per heavy atom. The Morgan fingerprint density at radius 3 is 2.78 bits per heavy atom. The highest BCUT2D eigenvalue weighted by Gasteiger charge is 2.28. The molecule has 1 fully saturated rings. The summed E-state index contributed by atoms with van der Waals surface area (Å²) >= 11 is 1.52. The van der Waals surface area contributed by atoms with Crippen LogP contribution >= 0.6 is 11.3 Å². The predicted octanol–water partition coefficient (Wildman–Crippen LogP) is 3.23. The number of nitrogens with one attached hydrogen (secondary N) is 1. The van der Waals surface area contributed by atoms with Gasteiger partial charge in [-0.15, -0.1) is 11.3 Å². The molecule has 5 heteroatoms. The van der Waals surface area contributed by atoms with E-state index < -0.39 is 0 Å². The van der Waals surface area contributed by atoms with Crippen LogP contribution in [0.5, 0.6) is 0 Å². The zero-order chi connectivity index (χ0) is 13.2. The van der Waals surface area contributed by atoms with E-state index >= 15 is 0 Å². The number of carbonyl (C=O) groups is 1. The van der Waals surface area contributed by atoms with E-state index in [9.17, 15) is 4.79 Å². The minimum Gasteiger partial charge on any atom is -0.464 e. The second-order valence-electron chi connectivity index (χ2n) is 5.29. The first-order chi connectivity index (χ1) is 8.54. The minimum absolute atomic E-state index is 0.358. The van der Waals surface area contributed by atoms with E-state index in [1.165, 1.54) is 44.1 Å². The van der Waals surface area contributed by atoms with Gasteiger partial charge in [-0.3, -0.25) is 0 Å². The lowest BCUT2D eigenvalue weighted by Gasteiger charge is -2.23. The molecular formula is C13H20N2O2S. The first kappa shape index (κ1) is 13.3. The van der Waals surface area contributed by atoms with Gasteiger partial charge in [-0.25, -0.2) is 9.78 Å². The molecule has 4 nitrogen and oxygen atoms in total. The van der Waals surface area contributed by atoms with Crippen LogP contribution in [0.1, 0.15) is 48.0 Å². The highest BCUT2D eigenvalue weighted by molar-refractivity contribution is 7.15. The van der Waals surface area contributed by atoms with Gasteiger partial charge in [0, 0.05) is 11.4 Å². The van der Waals surface area contributed by atoms with Crippen LogP contribution in [0.25, 0.3) is 0 Å². The molecule has 1 aromatic rings. The summed E-state index contributed by atoms with van der Waals surface area (Å²) in [4.78, 5) is 16.7. The van der Waals surface area contributed by atoms with Crippen LogP contribution in [0.2, 0.25) is 0 Å². The average molecular weight is 268 g/mol. The summed E-state index contributed by atoms with van der Waals surface area (Å²) in [6.07, 6.45) is 5.19. The number of carbonyl (C=O) groups excluding carboxylic acids is 1. The summed E-state index contributed by atoms with van der Waals surface area (Å²) < 4.78 is 4.71. The molecule has 0 unspecified atom stereocenters. The van der Waals surface area contributed by atoms with Crippen molar-refractivity contribution in [2.75, 3.05) is 19.0 Å². The highest BCUT2D eigenvalue weighted by Crippen LogP contribution is 2.37.